The number of aromatic nitrogens is 2. The van der Waals surface area contributed by atoms with E-state index in [9.17, 15) is 4.79 Å². The molecule has 1 aliphatic carbocycles. The number of halogens is 1. The molecule has 0 spiro atoms. The van der Waals surface area contributed by atoms with Gasteiger partial charge in [0.2, 0.25) is 5.43 Å². The molecule has 2 aromatic heterocycles. The quantitative estimate of drug-likeness (QED) is 0.336. The van der Waals surface area contributed by atoms with Gasteiger partial charge in [-0.1, -0.05) is 60.7 Å². The van der Waals surface area contributed by atoms with E-state index < -0.39 is 0 Å². The van der Waals surface area contributed by atoms with Crippen molar-refractivity contribution in [1.82, 2.24) is 9.78 Å². The first kappa shape index (κ1) is 22.4. The highest BCUT2D eigenvalue weighted by molar-refractivity contribution is 6.04. The Bertz CT molecular complexity index is 1550. The second-order valence-electron chi connectivity index (χ2n) is 8.93. The molecule has 0 unspecified atom stereocenters. The molecular weight excluding hydrogens is 446 g/mol. The van der Waals surface area contributed by atoms with E-state index in [1.807, 2.05) is 72.4 Å². The number of fused-ring (bicyclic) bond motifs is 3. The summed E-state index contributed by atoms with van der Waals surface area (Å²) >= 11 is 0. The second-order valence-corrected chi connectivity index (χ2v) is 8.93. The molecule has 6 heteroatoms. The molecule has 2 heterocycles. The van der Waals surface area contributed by atoms with Crippen molar-refractivity contribution in [2.24, 2.45) is 5.73 Å². The number of rotatable bonds is 4. The SMILES string of the molecule is CCn1ncc2ccc3c(=O)c(-c4ccc(C5(N)CCC5)cc4)c(-c4ccccc4)oc3c21.Cl. The van der Waals surface area contributed by atoms with Gasteiger partial charge in [0, 0.05) is 23.0 Å². The van der Waals surface area contributed by atoms with Gasteiger partial charge in [0.1, 0.15) is 11.3 Å². The van der Waals surface area contributed by atoms with Crippen LogP contribution in [0.3, 0.4) is 0 Å². The first-order valence-electron chi connectivity index (χ1n) is 11.5. The van der Waals surface area contributed by atoms with E-state index in [0.29, 0.717) is 28.8 Å². The van der Waals surface area contributed by atoms with Crippen molar-refractivity contribution >= 4 is 34.3 Å². The van der Waals surface area contributed by atoms with Crippen molar-refractivity contribution in [3.05, 3.63) is 88.7 Å². The molecule has 34 heavy (non-hydrogen) atoms. The van der Waals surface area contributed by atoms with Crippen LogP contribution in [0.15, 0.2) is 82.1 Å². The van der Waals surface area contributed by atoms with Gasteiger partial charge < -0.3 is 10.2 Å². The molecule has 0 atom stereocenters. The minimum absolute atomic E-state index is 0. The summed E-state index contributed by atoms with van der Waals surface area (Å²) in [5.41, 5.74) is 11.1. The number of hydrogen-bond donors (Lipinski definition) is 1. The van der Waals surface area contributed by atoms with Gasteiger partial charge in [-0.3, -0.25) is 9.48 Å². The van der Waals surface area contributed by atoms with E-state index in [4.69, 9.17) is 10.2 Å². The van der Waals surface area contributed by atoms with Gasteiger partial charge in [-0.2, -0.15) is 5.10 Å². The Morgan fingerprint density at radius 1 is 1.00 bits per heavy atom. The zero-order valence-electron chi connectivity index (χ0n) is 19.0. The Balaban J connectivity index is 0.00000241. The third kappa shape index (κ3) is 3.35. The molecular formula is C28H26ClN3O2. The molecule has 1 fully saturated rings. The molecule has 6 rings (SSSR count). The fourth-order valence-electron chi connectivity index (χ4n) is 4.93. The molecule has 1 aliphatic rings. The van der Waals surface area contributed by atoms with Crippen LogP contribution < -0.4 is 11.2 Å². The second kappa shape index (κ2) is 8.42. The molecule has 0 amide bonds. The Morgan fingerprint density at radius 2 is 1.74 bits per heavy atom. The molecule has 0 saturated heterocycles. The molecule has 2 N–H and O–H groups in total. The van der Waals surface area contributed by atoms with Gasteiger partial charge in [0.25, 0.3) is 0 Å². The van der Waals surface area contributed by atoms with Crippen LogP contribution >= 0.6 is 12.4 Å². The monoisotopic (exact) mass is 471 g/mol. The van der Waals surface area contributed by atoms with Crippen molar-refractivity contribution in [1.29, 1.82) is 0 Å². The number of nitrogens with zero attached hydrogens (tertiary/aromatic N) is 2. The van der Waals surface area contributed by atoms with E-state index in [-0.39, 0.29) is 23.4 Å². The summed E-state index contributed by atoms with van der Waals surface area (Å²) in [6, 6.07) is 21.7. The predicted molar refractivity (Wildman–Crippen MR) is 139 cm³/mol. The standard InChI is InChI=1S/C28H25N3O2.ClH/c1-2-31-24-20(17-30-31)11-14-22-25(32)23(26(33-27(22)24)19-7-4-3-5-8-19)18-9-12-21(13-10-18)28(29)15-6-16-28;/h3-5,7-14,17H,2,6,15-16,29H2,1H3;1H. The van der Waals surface area contributed by atoms with Crippen LogP contribution in [0, 0.1) is 0 Å². The minimum Gasteiger partial charge on any atom is -0.453 e. The number of nitrogens with two attached hydrogens (primary N) is 1. The van der Waals surface area contributed by atoms with Gasteiger partial charge >= 0.3 is 0 Å². The molecule has 5 nitrogen and oxygen atoms in total. The Morgan fingerprint density at radius 3 is 2.38 bits per heavy atom. The molecule has 0 aliphatic heterocycles. The zero-order chi connectivity index (χ0) is 22.6. The zero-order valence-corrected chi connectivity index (χ0v) is 19.8. The first-order valence-corrected chi connectivity index (χ1v) is 11.5. The third-order valence-electron chi connectivity index (χ3n) is 6.99. The van der Waals surface area contributed by atoms with Crippen LogP contribution in [0.5, 0.6) is 0 Å². The normalized spacial score (nSPS) is 14.6. The molecule has 172 valence electrons. The van der Waals surface area contributed by atoms with Crippen molar-refractivity contribution in [3.63, 3.8) is 0 Å². The van der Waals surface area contributed by atoms with Crippen molar-refractivity contribution in [2.75, 3.05) is 0 Å². The lowest BCUT2D eigenvalue weighted by Crippen LogP contribution is -2.43. The van der Waals surface area contributed by atoms with Crippen LogP contribution in [0.25, 0.3) is 44.3 Å². The molecule has 0 bridgehead atoms. The summed E-state index contributed by atoms with van der Waals surface area (Å²) in [4.78, 5) is 13.9. The van der Waals surface area contributed by atoms with E-state index >= 15 is 0 Å². The molecule has 3 aromatic carbocycles. The largest absolute Gasteiger partial charge is 0.453 e. The molecule has 1 saturated carbocycles. The van der Waals surface area contributed by atoms with Crippen molar-refractivity contribution < 1.29 is 4.42 Å². The van der Waals surface area contributed by atoms with Gasteiger partial charge in [-0.25, -0.2) is 0 Å². The number of benzene rings is 3. The first-order chi connectivity index (χ1) is 16.1. The van der Waals surface area contributed by atoms with Crippen LogP contribution in [0.4, 0.5) is 0 Å². The average molecular weight is 472 g/mol. The van der Waals surface area contributed by atoms with Crippen LogP contribution in [0.2, 0.25) is 0 Å². The van der Waals surface area contributed by atoms with Crippen LogP contribution in [0.1, 0.15) is 31.7 Å². The fraction of sp³-hybridized carbons (Fsp3) is 0.214. The van der Waals surface area contributed by atoms with E-state index in [1.54, 1.807) is 0 Å². The van der Waals surface area contributed by atoms with E-state index in [0.717, 1.165) is 46.9 Å². The Kier molecular flexibility index (Phi) is 5.54. The lowest BCUT2D eigenvalue weighted by molar-refractivity contribution is 0.253. The average Bonchev–Trinajstić information content (AvgIpc) is 3.27. The molecule has 0 radical (unpaired) electrons. The third-order valence-corrected chi connectivity index (χ3v) is 6.99. The Hall–Kier alpha value is -3.41. The maximum atomic E-state index is 13.9. The lowest BCUT2D eigenvalue weighted by atomic mass is 9.72. The minimum atomic E-state index is -0.237. The summed E-state index contributed by atoms with van der Waals surface area (Å²) < 4.78 is 8.45. The maximum absolute atomic E-state index is 13.9. The summed E-state index contributed by atoms with van der Waals surface area (Å²) in [7, 11) is 0. The molecule has 5 aromatic rings. The van der Waals surface area contributed by atoms with Crippen LogP contribution in [-0.4, -0.2) is 9.78 Å². The number of aryl methyl sites for hydroxylation is 1. The number of hydrogen-bond acceptors (Lipinski definition) is 4. The summed E-state index contributed by atoms with van der Waals surface area (Å²) in [5, 5.41) is 5.98. The van der Waals surface area contributed by atoms with Crippen LogP contribution in [-0.2, 0) is 12.1 Å². The maximum Gasteiger partial charge on any atom is 0.201 e. The van der Waals surface area contributed by atoms with Gasteiger partial charge in [-0.15, -0.1) is 12.4 Å². The fourth-order valence-corrected chi connectivity index (χ4v) is 4.93. The van der Waals surface area contributed by atoms with Crippen molar-refractivity contribution in [2.45, 2.75) is 38.3 Å². The van der Waals surface area contributed by atoms with Gasteiger partial charge in [-0.05, 0) is 43.4 Å². The highest BCUT2D eigenvalue weighted by atomic mass is 35.5. The van der Waals surface area contributed by atoms with E-state index in [2.05, 4.69) is 17.2 Å². The van der Waals surface area contributed by atoms with E-state index in [1.165, 1.54) is 0 Å². The smallest absolute Gasteiger partial charge is 0.201 e. The van der Waals surface area contributed by atoms with Gasteiger partial charge in [0.05, 0.1) is 17.1 Å². The van der Waals surface area contributed by atoms with Gasteiger partial charge in [0.15, 0.2) is 5.58 Å². The highest BCUT2D eigenvalue weighted by Gasteiger charge is 2.34. The lowest BCUT2D eigenvalue weighted by Gasteiger charge is -2.38. The summed E-state index contributed by atoms with van der Waals surface area (Å²) in [5.74, 6) is 0.573. The predicted octanol–water partition coefficient (Wildman–Crippen LogP) is 6.26. The highest BCUT2D eigenvalue weighted by Crippen LogP contribution is 2.40. The summed E-state index contributed by atoms with van der Waals surface area (Å²) in [6.07, 6.45) is 4.98. The van der Waals surface area contributed by atoms with Crippen molar-refractivity contribution in [3.8, 4) is 22.5 Å². The topological polar surface area (TPSA) is 74.0 Å². The Labute approximate surface area is 203 Å². The summed E-state index contributed by atoms with van der Waals surface area (Å²) in [6.45, 7) is 2.72.